The summed E-state index contributed by atoms with van der Waals surface area (Å²) in [6.07, 6.45) is 2.17. The molecular weight excluding hydrogens is 434 g/mol. The Bertz CT molecular complexity index is 1690. The van der Waals surface area contributed by atoms with E-state index in [4.69, 9.17) is 0 Å². The Hall–Kier alpha value is -4.10. The molecule has 1 aliphatic carbocycles. The Labute approximate surface area is 212 Å². The molecule has 1 aromatic heterocycles. The van der Waals surface area contributed by atoms with Crippen LogP contribution in [-0.2, 0) is 12.8 Å². The monoisotopic (exact) mass is 463 g/mol. The zero-order valence-electron chi connectivity index (χ0n) is 20.8. The molecule has 5 aromatic carbocycles. The summed E-state index contributed by atoms with van der Waals surface area (Å²) in [5, 5.41) is 2.60. The highest BCUT2D eigenvalue weighted by Gasteiger charge is 2.20. The Morgan fingerprint density at radius 2 is 1.19 bits per heavy atom. The Balaban J connectivity index is 1.28. The van der Waals surface area contributed by atoms with Crippen molar-refractivity contribution in [3.05, 3.63) is 126 Å². The van der Waals surface area contributed by atoms with Gasteiger partial charge in [0.2, 0.25) is 0 Å². The molecule has 1 heterocycles. The van der Waals surface area contributed by atoms with Crippen LogP contribution in [0.1, 0.15) is 30.5 Å². The lowest BCUT2D eigenvalue weighted by Crippen LogP contribution is -1.94. The van der Waals surface area contributed by atoms with Crippen molar-refractivity contribution in [3.63, 3.8) is 0 Å². The third-order valence-electron chi connectivity index (χ3n) is 7.64. The zero-order valence-corrected chi connectivity index (χ0v) is 20.8. The predicted octanol–water partition coefficient (Wildman–Crippen LogP) is 9.22. The summed E-state index contributed by atoms with van der Waals surface area (Å²) >= 11 is 0. The van der Waals surface area contributed by atoms with Gasteiger partial charge in [0.05, 0.1) is 11.0 Å². The topological polar surface area (TPSA) is 4.93 Å². The third-order valence-corrected chi connectivity index (χ3v) is 7.64. The normalized spacial score (nSPS) is 12.4. The number of hydrogen-bond donors (Lipinski definition) is 0. The number of nitrogens with zero attached hydrogens (tertiary/aromatic N) is 1. The summed E-state index contributed by atoms with van der Waals surface area (Å²) in [4.78, 5) is 0. The molecule has 0 radical (unpaired) electrons. The van der Waals surface area contributed by atoms with Crippen LogP contribution in [0, 0.1) is 5.92 Å². The van der Waals surface area contributed by atoms with Gasteiger partial charge in [-0.1, -0.05) is 92.7 Å². The minimum atomic E-state index is 0.670. The van der Waals surface area contributed by atoms with Gasteiger partial charge < -0.3 is 4.57 Å². The number of fused-ring (bicyclic) bond motifs is 6. The molecule has 0 amide bonds. The summed E-state index contributed by atoms with van der Waals surface area (Å²) in [7, 11) is 0. The Morgan fingerprint density at radius 3 is 1.86 bits per heavy atom. The van der Waals surface area contributed by atoms with Crippen LogP contribution in [0.5, 0.6) is 0 Å². The molecule has 0 saturated heterocycles. The molecule has 0 saturated carbocycles. The first kappa shape index (κ1) is 21.2. The van der Waals surface area contributed by atoms with Gasteiger partial charge >= 0.3 is 0 Å². The van der Waals surface area contributed by atoms with E-state index >= 15 is 0 Å². The fourth-order valence-electron chi connectivity index (χ4n) is 6.00. The lowest BCUT2D eigenvalue weighted by molar-refractivity contribution is 0.647. The van der Waals surface area contributed by atoms with Crippen molar-refractivity contribution in [1.29, 1.82) is 0 Å². The SMILES string of the molecule is CC(C)Cc1ccc2c(c1)-c1cc(-c3ccc(-n4c5ccccc5c5ccccc54)cc3)ccc1C2. The van der Waals surface area contributed by atoms with Crippen molar-refractivity contribution in [2.24, 2.45) is 5.92 Å². The molecule has 0 atom stereocenters. The molecule has 36 heavy (non-hydrogen) atoms. The molecule has 0 unspecified atom stereocenters. The first-order valence-corrected chi connectivity index (χ1v) is 13.0. The van der Waals surface area contributed by atoms with E-state index in [0.29, 0.717) is 5.92 Å². The van der Waals surface area contributed by atoms with Crippen LogP contribution in [0.15, 0.2) is 109 Å². The van der Waals surface area contributed by atoms with E-state index in [2.05, 4.69) is 128 Å². The van der Waals surface area contributed by atoms with Gasteiger partial charge in [-0.3, -0.25) is 0 Å². The first-order chi connectivity index (χ1) is 17.7. The lowest BCUT2D eigenvalue weighted by Gasteiger charge is -2.11. The maximum absolute atomic E-state index is 2.43. The first-order valence-electron chi connectivity index (χ1n) is 13.0. The number of hydrogen-bond acceptors (Lipinski definition) is 0. The van der Waals surface area contributed by atoms with Gasteiger partial charge in [0.25, 0.3) is 0 Å². The molecule has 1 heteroatoms. The number of benzene rings is 5. The number of para-hydroxylation sites is 2. The van der Waals surface area contributed by atoms with E-state index in [1.165, 1.54) is 66.4 Å². The Morgan fingerprint density at radius 1 is 0.611 bits per heavy atom. The molecule has 0 bridgehead atoms. The molecule has 1 aliphatic rings. The summed E-state index contributed by atoms with van der Waals surface area (Å²) in [6, 6.07) is 40.5. The minimum absolute atomic E-state index is 0.670. The van der Waals surface area contributed by atoms with Gasteiger partial charge in [0.15, 0.2) is 0 Å². The van der Waals surface area contributed by atoms with Crippen LogP contribution in [-0.4, -0.2) is 4.57 Å². The van der Waals surface area contributed by atoms with E-state index in [9.17, 15) is 0 Å². The second-order valence-corrected chi connectivity index (χ2v) is 10.6. The summed E-state index contributed by atoms with van der Waals surface area (Å²) in [6.45, 7) is 4.59. The molecule has 0 N–H and O–H groups in total. The maximum atomic E-state index is 2.43. The molecule has 7 rings (SSSR count). The minimum Gasteiger partial charge on any atom is -0.309 e. The summed E-state index contributed by atoms with van der Waals surface area (Å²) in [5.74, 6) is 0.670. The van der Waals surface area contributed by atoms with Crippen LogP contribution >= 0.6 is 0 Å². The Kier molecular flexibility index (Phi) is 4.85. The number of rotatable bonds is 4. The van der Waals surface area contributed by atoms with Gasteiger partial charge in [0.1, 0.15) is 0 Å². The van der Waals surface area contributed by atoms with E-state index in [1.807, 2.05) is 0 Å². The second kappa shape index (κ2) is 8.24. The average Bonchev–Trinajstić information content (AvgIpc) is 3.43. The summed E-state index contributed by atoms with van der Waals surface area (Å²) in [5.41, 5.74) is 13.4. The quantitative estimate of drug-likeness (QED) is 0.245. The van der Waals surface area contributed by atoms with Crippen LogP contribution < -0.4 is 0 Å². The standard InChI is InChI=1S/C35H29N/c1-23(2)19-24-11-12-27-21-28-14-13-26(22-33(28)32(27)20-24)25-15-17-29(18-16-25)36-34-9-5-3-7-30(34)31-8-4-6-10-35(31)36/h3-18,20,22-23H,19,21H2,1-2H3. The molecular formula is C35H29N. The lowest BCUT2D eigenvalue weighted by atomic mass is 9.95. The fourth-order valence-corrected chi connectivity index (χ4v) is 6.00. The van der Waals surface area contributed by atoms with Gasteiger partial charge in [-0.2, -0.15) is 0 Å². The van der Waals surface area contributed by atoms with E-state index in [1.54, 1.807) is 0 Å². The van der Waals surface area contributed by atoms with Crippen molar-refractivity contribution in [2.45, 2.75) is 26.7 Å². The van der Waals surface area contributed by atoms with Crippen molar-refractivity contribution < 1.29 is 0 Å². The van der Waals surface area contributed by atoms with Crippen molar-refractivity contribution in [3.8, 4) is 27.9 Å². The maximum Gasteiger partial charge on any atom is 0.0541 e. The van der Waals surface area contributed by atoms with E-state index in [0.717, 1.165) is 12.8 Å². The highest BCUT2D eigenvalue weighted by Crippen LogP contribution is 2.40. The molecule has 0 fully saturated rings. The average molecular weight is 464 g/mol. The fraction of sp³-hybridized carbons (Fsp3) is 0.143. The van der Waals surface area contributed by atoms with Crippen molar-refractivity contribution in [1.82, 2.24) is 4.57 Å². The van der Waals surface area contributed by atoms with E-state index in [-0.39, 0.29) is 0 Å². The van der Waals surface area contributed by atoms with E-state index < -0.39 is 0 Å². The van der Waals surface area contributed by atoms with Crippen LogP contribution in [0.2, 0.25) is 0 Å². The van der Waals surface area contributed by atoms with Crippen molar-refractivity contribution >= 4 is 21.8 Å². The summed E-state index contributed by atoms with van der Waals surface area (Å²) < 4.78 is 2.38. The highest BCUT2D eigenvalue weighted by atomic mass is 15.0. The van der Waals surface area contributed by atoms with Crippen LogP contribution in [0.4, 0.5) is 0 Å². The molecule has 0 spiro atoms. The van der Waals surface area contributed by atoms with Gasteiger partial charge in [0, 0.05) is 16.5 Å². The second-order valence-electron chi connectivity index (χ2n) is 10.6. The predicted molar refractivity (Wildman–Crippen MR) is 153 cm³/mol. The number of aromatic nitrogens is 1. The largest absolute Gasteiger partial charge is 0.309 e. The van der Waals surface area contributed by atoms with Crippen LogP contribution in [0.25, 0.3) is 49.7 Å². The van der Waals surface area contributed by atoms with Crippen molar-refractivity contribution in [2.75, 3.05) is 0 Å². The smallest absolute Gasteiger partial charge is 0.0541 e. The third kappa shape index (κ3) is 3.38. The zero-order chi connectivity index (χ0) is 24.2. The van der Waals surface area contributed by atoms with Gasteiger partial charge in [-0.05, 0) is 88.0 Å². The van der Waals surface area contributed by atoms with Gasteiger partial charge in [-0.15, -0.1) is 0 Å². The van der Waals surface area contributed by atoms with Gasteiger partial charge in [-0.25, -0.2) is 0 Å². The van der Waals surface area contributed by atoms with Crippen LogP contribution in [0.3, 0.4) is 0 Å². The molecule has 174 valence electrons. The highest BCUT2D eigenvalue weighted by molar-refractivity contribution is 6.09. The molecule has 0 aliphatic heterocycles. The molecule has 6 aromatic rings. The molecule has 1 nitrogen and oxygen atoms in total.